The summed E-state index contributed by atoms with van der Waals surface area (Å²) in [7, 11) is 1.69. The number of nitrogens with one attached hydrogen (secondary N) is 1. The van der Waals surface area contributed by atoms with Crippen LogP contribution in [-0.2, 0) is 14.3 Å². The first kappa shape index (κ1) is 19.2. The molecule has 0 aromatic carbocycles. The Balaban J connectivity index is 1.40. The maximum atomic E-state index is 12.1. The van der Waals surface area contributed by atoms with Crippen molar-refractivity contribution in [3.63, 3.8) is 0 Å². The molecule has 0 saturated heterocycles. The average Bonchev–Trinajstić information content (AvgIpc) is 3.24. The van der Waals surface area contributed by atoms with Gasteiger partial charge in [0.05, 0.1) is 41.3 Å². The normalized spacial score (nSPS) is 27.0. The average molecular weight is 400 g/mol. The van der Waals surface area contributed by atoms with Crippen molar-refractivity contribution in [2.75, 3.05) is 20.3 Å². The smallest absolute Gasteiger partial charge is 0.271 e. The first-order chi connectivity index (χ1) is 13.7. The SMILES string of the molecule is COCCOC1CCC(NC2=CC(=O)N=C3C=CC(c4cncs4)=CC23)CC1. The molecule has 0 bridgehead atoms. The first-order valence-corrected chi connectivity index (χ1v) is 10.6. The summed E-state index contributed by atoms with van der Waals surface area (Å²) in [6, 6.07) is 0.354. The third-order valence-corrected chi connectivity index (χ3v) is 6.18. The number of aromatic nitrogens is 1. The van der Waals surface area contributed by atoms with Crippen LogP contribution in [0.3, 0.4) is 0 Å². The maximum Gasteiger partial charge on any atom is 0.271 e. The fraction of sp³-hybridized carbons (Fsp3) is 0.476. The third kappa shape index (κ3) is 4.48. The van der Waals surface area contributed by atoms with Crippen molar-refractivity contribution in [2.24, 2.45) is 10.9 Å². The number of carbonyl (C=O) groups is 1. The summed E-state index contributed by atoms with van der Waals surface area (Å²) in [6.07, 6.45) is 14.1. The molecule has 1 amide bonds. The molecule has 2 heterocycles. The zero-order chi connectivity index (χ0) is 19.3. The van der Waals surface area contributed by atoms with Gasteiger partial charge in [0.15, 0.2) is 0 Å². The fourth-order valence-corrected chi connectivity index (χ4v) is 4.53. The van der Waals surface area contributed by atoms with Gasteiger partial charge < -0.3 is 14.8 Å². The van der Waals surface area contributed by atoms with Crippen molar-refractivity contribution in [1.29, 1.82) is 0 Å². The summed E-state index contributed by atoms with van der Waals surface area (Å²) in [5, 5.41) is 3.63. The summed E-state index contributed by atoms with van der Waals surface area (Å²) in [4.78, 5) is 21.6. The monoisotopic (exact) mass is 399 g/mol. The van der Waals surface area contributed by atoms with Crippen molar-refractivity contribution in [1.82, 2.24) is 10.3 Å². The standard InChI is InChI=1S/C21H25N3O3S/c1-26-8-9-27-16-5-3-15(4-6-16)23-19-11-21(25)24-18-7-2-14(10-17(18)19)20-12-22-13-28-20/h2,7,10-13,15-17,23H,3-6,8-9H2,1H3. The largest absolute Gasteiger partial charge is 0.385 e. The Hall–Kier alpha value is -2.09. The summed E-state index contributed by atoms with van der Waals surface area (Å²) in [5.41, 5.74) is 4.72. The van der Waals surface area contributed by atoms with E-state index in [-0.39, 0.29) is 11.8 Å². The molecule has 1 saturated carbocycles. The lowest BCUT2D eigenvalue weighted by Gasteiger charge is -2.33. The topological polar surface area (TPSA) is 72.8 Å². The number of rotatable bonds is 7. The number of hydrogen-bond acceptors (Lipinski definition) is 6. The van der Waals surface area contributed by atoms with Gasteiger partial charge in [-0.15, -0.1) is 11.3 Å². The summed E-state index contributed by atoms with van der Waals surface area (Å²) in [6.45, 7) is 1.29. The quantitative estimate of drug-likeness (QED) is 0.713. The Morgan fingerprint density at radius 1 is 1.21 bits per heavy atom. The number of thiazole rings is 1. The van der Waals surface area contributed by atoms with E-state index in [4.69, 9.17) is 9.47 Å². The van der Waals surface area contributed by atoms with Gasteiger partial charge in [0.2, 0.25) is 0 Å². The highest BCUT2D eigenvalue weighted by Gasteiger charge is 2.29. The molecule has 3 aliphatic rings. The number of carbonyl (C=O) groups excluding carboxylic acids is 1. The number of ether oxygens (including phenoxy) is 2. The van der Waals surface area contributed by atoms with Gasteiger partial charge in [-0.2, -0.15) is 0 Å². The molecule has 7 heteroatoms. The summed E-state index contributed by atoms with van der Waals surface area (Å²) < 4.78 is 10.9. The van der Waals surface area contributed by atoms with E-state index in [0.29, 0.717) is 25.4 Å². The fourth-order valence-electron chi connectivity index (χ4n) is 3.90. The lowest BCUT2D eigenvalue weighted by molar-refractivity contribution is -0.113. The molecule has 1 aliphatic heterocycles. The highest BCUT2D eigenvalue weighted by atomic mass is 32.1. The second-order valence-electron chi connectivity index (χ2n) is 7.25. The Bertz CT molecular complexity index is 818. The van der Waals surface area contributed by atoms with Crippen LogP contribution in [0.4, 0.5) is 0 Å². The number of amides is 1. The van der Waals surface area contributed by atoms with Crippen molar-refractivity contribution in [3.05, 3.63) is 46.6 Å². The van der Waals surface area contributed by atoms with Crippen molar-refractivity contribution in [3.8, 4) is 0 Å². The van der Waals surface area contributed by atoms with Gasteiger partial charge in [-0.25, -0.2) is 4.99 Å². The minimum absolute atomic E-state index is 0.00419. The zero-order valence-electron chi connectivity index (χ0n) is 16.0. The Kier molecular flexibility index (Phi) is 6.14. The molecule has 28 heavy (non-hydrogen) atoms. The molecule has 148 valence electrons. The molecule has 1 fully saturated rings. The van der Waals surface area contributed by atoms with Crippen molar-refractivity contribution in [2.45, 2.75) is 37.8 Å². The highest BCUT2D eigenvalue weighted by Crippen LogP contribution is 2.31. The molecular formula is C21H25N3O3S. The minimum atomic E-state index is -0.190. The van der Waals surface area contributed by atoms with E-state index in [9.17, 15) is 4.79 Å². The van der Waals surface area contributed by atoms with Crippen LogP contribution in [0.2, 0.25) is 0 Å². The zero-order valence-corrected chi connectivity index (χ0v) is 16.8. The molecule has 1 atom stereocenters. The van der Waals surface area contributed by atoms with E-state index < -0.39 is 0 Å². The lowest BCUT2D eigenvalue weighted by atomic mass is 9.87. The van der Waals surface area contributed by atoms with Gasteiger partial charge in [-0.05, 0) is 37.3 Å². The molecule has 1 aromatic rings. The Morgan fingerprint density at radius 2 is 2.07 bits per heavy atom. The van der Waals surface area contributed by atoms with Crippen LogP contribution in [0.5, 0.6) is 0 Å². The second-order valence-corrected chi connectivity index (χ2v) is 8.14. The number of methoxy groups -OCH3 is 1. The molecule has 1 N–H and O–H groups in total. The molecule has 2 aliphatic carbocycles. The molecule has 6 nitrogen and oxygen atoms in total. The number of nitrogens with zero attached hydrogens (tertiary/aromatic N) is 2. The molecule has 0 radical (unpaired) electrons. The molecular weight excluding hydrogens is 374 g/mol. The van der Waals surface area contributed by atoms with Gasteiger partial charge in [0, 0.05) is 31.1 Å². The molecule has 1 unspecified atom stereocenters. The molecule has 1 aromatic heterocycles. The van der Waals surface area contributed by atoms with Crippen molar-refractivity contribution < 1.29 is 14.3 Å². The van der Waals surface area contributed by atoms with Crippen LogP contribution in [0.15, 0.2) is 46.7 Å². The molecule has 4 rings (SSSR count). The van der Waals surface area contributed by atoms with E-state index in [1.54, 1.807) is 24.5 Å². The number of allylic oxidation sites excluding steroid dienone is 4. The Morgan fingerprint density at radius 3 is 2.82 bits per heavy atom. The van der Waals surface area contributed by atoms with Gasteiger partial charge in [0.25, 0.3) is 5.91 Å². The second kappa shape index (κ2) is 8.94. The third-order valence-electron chi connectivity index (χ3n) is 5.35. The van der Waals surface area contributed by atoms with Gasteiger partial charge >= 0.3 is 0 Å². The Labute approximate surface area is 169 Å². The van der Waals surface area contributed by atoms with E-state index in [1.165, 1.54) is 0 Å². The van der Waals surface area contributed by atoms with Crippen LogP contribution in [-0.4, -0.2) is 49.1 Å². The number of dihydropyridines is 1. The van der Waals surface area contributed by atoms with Crippen LogP contribution < -0.4 is 5.32 Å². The van der Waals surface area contributed by atoms with E-state index in [2.05, 4.69) is 21.4 Å². The highest BCUT2D eigenvalue weighted by molar-refractivity contribution is 7.10. The lowest BCUT2D eigenvalue weighted by Crippen LogP contribution is -2.39. The van der Waals surface area contributed by atoms with Crippen LogP contribution in [0.1, 0.15) is 30.6 Å². The summed E-state index contributed by atoms with van der Waals surface area (Å²) >= 11 is 1.61. The number of fused-ring (bicyclic) bond motifs is 1. The first-order valence-electron chi connectivity index (χ1n) is 9.73. The van der Waals surface area contributed by atoms with E-state index in [0.717, 1.165) is 47.5 Å². The predicted molar refractivity (Wildman–Crippen MR) is 110 cm³/mol. The maximum absolute atomic E-state index is 12.1. The van der Waals surface area contributed by atoms with Crippen LogP contribution in [0.25, 0.3) is 5.57 Å². The van der Waals surface area contributed by atoms with Gasteiger partial charge in [-0.3, -0.25) is 9.78 Å². The number of aliphatic imine (C=N–C) groups is 1. The van der Waals surface area contributed by atoms with E-state index >= 15 is 0 Å². The molecule has 0 spiro atoms. The van der Waals surface area contributed by atoms with Crippen LogP contribution in [0, 0.1) is 5.92 Å². The van der Waals surface area contributed by atoms with Gasteiger partial charge in [-0.1, -0.05) is 12.2 Å². The number of hydrogen-bond donors (Lipinski definition) is 1. The van der Waals surface area contributed by atoms with Crippen LogP contribution >= 0.6 is 11.3 Å². The minimum Gasteiger partial charge on any atom is -0.385 e. The van der Waals surface area contributed by atoms with Gasteiger partial charge in [0.1, 0.15) is 0 Å². The van der Waals surface area contributed by atoms with E-state index in [1.807, 2.05) is 23.9 Å². The summed E-state index contributed by atoms with van der Waals surface area (Å²) in [5.74, 6) is -0.194. The van der Waals surface area contributed by atoms with Crippen molar-refractivity contribution >= 4 is 28.5 Å². The predicted octanol–water partition coefficient (Wildman–Crippen LogP) is 3.14.